The molecule has 2 aromatic carbocycles. The lowest BCUT2D eigenvalue weighted by Crippen LogP contribution is -2.35. The monoisotopic (exact) mass is 394 g/mol. The number of aromatic nitrogens is 1. The minimum atomic E-state index is -0.382. The summed E-state index contributed by atoms with van der Waals surface area (Å²) in [4.78, 5) is 18.2. The number of rotatable bonds is 4. The first-order chi connectivity index (χ1) is 13.9. The van der Waals surface area contributed by atoms with Gasteiger partial charge in [-0.2, -0.15) is 0 Å². The van der Waals surface area contributed by atoms with Crippen LogP contribution in [0.2, 0.25) is 0 Å². The molecule has 3 aromatic rings. The summed E-state index contributed by atoms with van der Waals surface area (Å²) in [5.74, 6) is 0.574. The van der Waals surface area contributed by atoms with E-state index in [-0.39, 0.29) is 11.4 Å². The number of ether oxygens (including phenoxy) is 1. The molecule has 1 aliphatic rings. The van der Waals surface area contributed by atoms with Gasteiger partial charge in [-0.15, -0.1) is 0 Å². The largest absolute Gasteiger partial charge is 0.492 e. The van der Waals surface area contributed by atoms with E-state index in [9.17, 15) is 9.18 Å². The van der Waals surface area contributed by atoms with Crippen LogP contribution in [0.4, 0.5) is 4.39 Å². The van der Waals surface area contributed by atoms with Crippen LogP contribution in [0, 0.1) is 25.6 Å². The second-order valence-corrected chi connectivity index (χ2v) is 8.31. The summed E-state index contributed by atoms with van der Waals surface area (Å²) in [5.41, 5.74) is 3.70. The minimum absolute atomic E-state index is 0.260. The molecule has 1 aliphatic heterocycles. The van der Waals surface area contributed by atoms with Crippen molar-refractivity contribution in [2.45, 2.75) is 26.7 Å². The van der Waals surface area contributed by atoms with Gasteiger partial charge in [-0.25, -0.2) is 4.39 Å². The van der Waals surface area contributed by atoms with E-state index in [1.807, 2.05) is 26.0 Å². The smallest absolute Gasteiger partial charge is 0.260 e. The van der Waals surface area contributed by atoms with E-state index in [0.717, 1.165) is 48.0 Å². The van der Waals surface area contributed by atoms with Gasteiger partial charge in [0, 0.05) is 17.8 Å². The summed E-state index contributed by atoms with van der Waals surface area (Å²) in [6.45, 7) is 6.66. The van der Waals surface area contributed by atoms with E-state index in [4.69, 9.17) is 4.74 Å². The standard InChI is InChI=1S/C24H27FN2O2/c1-15-9-16(2)11-18(10-15)22-23(29-14-17-5-4-8-27(3)13-17)20-7-6-19(25)12-21(20)26-24(22)28/h6-7,9-12,17H,4-5,8,13-14H2,1-3H3,(H,26,28). The normalized spacial score (nSPS) is 17.6. The van der Waals surface area contributed by atoms with Crippen molar-refractivity contribution in [3.8, 4) is 16.9 Å². The van der Waals surface area contributed by atoms with E-state index in [1.165, 1.54) is 12.1 Å². The predicted molar refractivity (Wildman–Crippen MR) is 115 cm³/mol. The van der Waals surface area contributed by atoms with Crippen LogP contribution in [0.1, 0.15) is 24.0 Å². The Bertz CT molecular complexity index is 1090. The summed E-state index contributed by atoms with van der Waals surface area (Å²) in [5, 5.41) is 0.726. The van der Waals surface area contributed by atoms with Crippen LogP contribution in [0.15, 0.2) is 41.2 Å². The average Bonchev–Trinajstić information content (AvgIpc) is 2.64. The fourth-order valence-electron chi connectivity index (χ4n) is 4.38. The topological polar surface area (TPSA) is 45.3 Å². The molecule has 1 N–H and O–H groups in total. The van der Waals surface area contributed by atoms with Crippen LogP contribution in [-0.4, -0.2) is 36.6 Å². The number of aryl methyl sites for hydroxylation is 2. The number of nitrogens with zero attached hydrogens (tertiary/aromatic N) is 1. The number of benzene rings is 2. The van der Waals surface area contributed by atoms with Crippen LogP contribution < -0.4 is 10.3 Å². The second kappa shape index (κ2) is 7.99. The molecule has 4 nitrogen and oxygen atoms in total. The average molecular weight is 394 g/mol. The molecule has 0 amide bonds. The lowest BCUT2D eigenvalue weighted by Gasteiger charge is -2.29. The molecule has 0 bridgehead atoms. The highest BCUT2D eigenvalue weighted by Crippen LogP contribution is 2.35. The SMILES string of the molecule is Cc1cc(C)cc(-c2c(OCC3CCCN(C)C3)c3ccc(F)cc3[nH]c2=O)c1. The number of hydrogen-bond acceptors (Lipinski definition) is 3. The molecule has 1 fully saturated rings. The van der Waals surface area contributed by atoms with Gasteiger partial charge in [-0.05, 0) is 64.0 Å². The fraction of sp³-hybridized carbons (Fsp3) is 0.375. The van der Waals surface area contributed by atoms with Crippen LogP contribution in [0.25, 0.3) is 22.0 Å². The summed E-state index contributed by atoms with van der Waals surface area (Å²) in [6, 6.07) is 10.5. The second-order valence-electron chi connectivity index (χ2n) is 8.31. The number of nitrogens with one attached hydrogen (secondary N) is 1. The molecule has 0 saturated carbocycles. The lowest BCUT2D eigenvalue weighted by molar-refractivity contribution is 0.151. The van der Waals surface area contributed by atoms with Gasteiger partial charge in [-0.3, -0.25) is 4.79 Å². The van der Waals surface area contributed by atoms with Gasteiger partial charge in [0.05, 0.1) is 17.7 Å². The summed E-state index contributed by atoms with van der Waals surface area (Å²) in [6.07, 6.45) is 2.26. The third-order valence-electron chi connectivity index (χ3n) is 5.62. The summed E-state index contributed by atoms with van der Waals surface area (Å²) < 4.78 is 20.1. The summed E-state index contributed by atoms with van der Waals surface area (Å²) in [7, 11) is 2.12. The zero-order valence-corrected chi connectivity index (χ0v) is 17.2. The van der Waals surface area contributed by atoms with Gasteiger partial charge in [-0.1, -0.05) is 29.3 Å². The number of likely N-dealkylation sites (tertiary alicyclic amines) is 1. The van der Waals surface area contributed by atoms with E-state index in [1.54, 1.807) is 6.07 Å². The maximum Gasteiger partial charge on any atom is 0.260 e. The molecular weight excluding hydrogens is 367 g/mol. The predicted octanol–water partition coefficient (Wildman–Crippen LogP) is 4.67. The van der Waals surface area contributed by atoms with Crippen molar-refractivity contribution < 1.29 is 9.13 Å². The third-order valence-corrected chi connectivity index (χ3v) is 5.62. The zero-order valence-electron chi connectivity index (χ0n) is 17.2. The number of halogens is 1. The lowest BCUT2D eigenvalue weighted by atomic mass is 9.98. The van der Waals surface area contributed by atoms with Gasteiger partial charge < -0.3 is 14.6 Å². The van der Waals surface area contributed by atoms with Gasteiger partial charge in [0.2, 0.25) is 0 Å². The molecule has 152 valence electrons. The molecule has 1 aromatic heterocycles. The fourth-order valence-corrected chi connectivity index (χ4v) is 4.38. The maximum atomic E-state index is 13.8. The van der Waals surface area contributed by atoms with Crippen molar-refractivity contribution in [3.05, 3.63) is 63.7 Å². The van der Waals surface area contributed by atoms with E-state index in [0.29, 0.717) is 29.4 Å². The van der Waals surface area contributed by atoms with Crippen molar-refractivity contribution in [1.82, 2.24) is 9.88 Å². The Balaban J connectivity index is 1.83. The van der Waals surface area contributed by atoms with Crippen LogP contribution in [0.3, 0.4) is 0 Å². The van der Waals surface area contributed by atoms with E-state index >= 15 is 0 Å². The Kier molecular flexibility index (Phi) is 5.41. The van der Waals surface area contributed by atoms with Gasteiger partial charge in [0.1, 0.15) is 11.6 Å². The number of hydrogen-bond donors (Lipinski definition) is 1. The van der Waals surface area contributed by atoms with Crippen molar-refractivity contribution >= 4 is 10.9 Å². The number of H-pyrrole nitrogens is 1. The Morgan fingerprint density at radius 3 is 2.66 bits per heavy atom. The van der Waals surface area contributed by atoms with Crippen LogP contribution in [-0.2, 0) is 0 Å². The molecule has 4 rings (SSSR count). The molecule has 5 heteroatoms. The highest BCUT2D eigenvalue weighted by molar-refractivity contribution is 5.92. The van der Waals surface area contributed by atoms with Gasteiger partial charge in [0.25, 0.3) is 5.56 Å². The van der Waals surface area contributed by atoms with E-state index in [2.05, 4.69) is 23.0 Å². The number of aromatic amines is 1. The first-order valence-corrected chi connectivity index (χ1v) is 10.2. The number of piperidine rings is 1. The Hall–Kier alpha value is -2.66. The molecule has 0 spiro atoms. The van der Waals surface area contributed by atoms with Crippen LogP contribution in [0.5, 0.6) is 5.75 Å². The molecule has 1 saturated heterocycles. The first kappa shape index (κ1) is 19.6. The number of pyridine rings is 1. The maximum absolute atomic E-state index is 13.8. The number of fused-ring (bicyclic) bond motifs is 1. The molecule has 1 atom stereocenters. The van der Waals surface area contributed by atoms with E-state index < -0.39 is 0 Å². The zero-order chi connectivity index (χ0) is 20.5. The molecule has 0 aliphatic carbocycles. The Morgan fingerprint density at radius 1 is 1.17 bits per heavy atom. The van der Waals surface area contributed by atoms with Gasteiger partial charge in [0.15, 0.2) is 0 Å². The van der Waals surface area contributed by atoms with Crippen molar-refractivity contribution in [2.24, 2.45) is 5.92 Å². The molecule has 2 heterocycles. The quantitative estimate of drug-likeness (QED) is 0.699. The highest BCUT2D eigenvalue weighted by Gasteiger charge is 2.21. The molecule has 1 unspecified atom stereocenters. The Labute approximate surface area is 170 Å². The third kappa shape index (κ3) is 4.20. The molecular formula is C24H27FN2O2. The van der Waals surface area contributed by atoms with Crippen LogP contribution >= 0.6 is 0 Å². The Morgan fingerprint density at radius 2 is 1.93 bits per heavy atom. The van der Waals surface area contributed by atoms with Crippen molar-refractivity contribution in [3.63, 3.8) is 0 Å². The van der Waals surface area contributed by atoms with Gasteiger partial charge >= 0.3 is 0 Å². The summed E-state index contributed by atoms with van der Waals surface area (Å²) >= 11 is 0. The molecule has 29 heavy (non-hydrogen) atoms. The highest BCUT2D eigenvalue weighted by atomic mass is 19.1. The van der Waals surface area contributed by atoms with Crippen molar-refractivity contribution in [2.75, 3.05) is 26.7 Å². The minimum Gasteiger partial charge on any atom is -0.492 e. The van der Waals surface area contributed by atoms with Crippen molar-refractivity contribution in [1.29, 1.82) is 0 Å². The first-order valence-electron chi connectivity index (χ1n) is 10.2. The molecule has 0 radical (unpaired) electrons.